The first-order valence-corrected chi connectivity index (χ1v) is 6.67. The van der Waals surface area contributed by atoms with Crippen molar-refractivity contribution in [1.82, 2.24) is 9.78 Å². The molecule has 1 amide bonds. The number of carbonyl (C=O) groups excluding carboxylic acids is 1. The van der Waals surface area contributed by atoms with Gasteiger partial charge in [0.25, 0.3) is 5.91 Å². The monoisotopic (exact) mass is 282 g/mol. The van der Waals surface area contributed by atoms with E-state index in [2.05, 4.69) is 31.2 Å². The number of carbonyl (C=O) groups is 1. The summed E-state index contributed by atoms with van der Waals surface area (Å²) >= 11 is 0. The molecule has 1 aromatic heterocycles. The second-order valence-corrected chi connectivity index (χ2v) is 5.94. The fourth-order valence-electron chi connectivity index (χ4n) is 1.87. The number of aromatic nitrogens is 2. The van der Waals surface area contributed by atoms with Crippen molar-refractivity contribution in [3.05, 3.63) is 47.2 Å². The highest BCUT2D eigenvalue weighted by Crippen LogP contribution is 2.23. The average Bonchev–Trinajstić information content (AvgIpc) is 2.80. The summed E-state index contributed by atoms with van der Waals surface area (Å²) in [6.07, 6.45) is 0. The van der Waals surface area contributed by atoms with Crippen molar-refractivity contribution in [3.63, 3.8) is 0 Å². The van der Waals surface area contributed by atoms with Gasteiger partial charge in [-0.05, 0) is 18.2 Å². The minimum atomic E-state index is -0.254. The molecule has 0 saturated heterocycles. The smallest absolute Gasteiger partial charge is 0.256 e. The van der Waals surface area contributed by atoms with Crippen LogP contribution in [0.2, 0.25) is 0 Å². The van der Waals surface area contributed by atoms with Crippen molar-refractivity contribution in [2.75, 3.05) is 5.32 Å². The van der Waals surface area contributed by atoms with Gasteiger partial charge >= 0.3 is 0 Å². The summed E-state index contributed by atoms with van der Waals surface area (Å²) in [5.41, 5.74) is 1.74. The summed E-state index contributed by atoms with van der Waals surface area (Å²) in [4.78, 5) is 12.2. The van der Waals surface area contributed by atoms with Gasteiger partial charge in [-0.1, -0.05) is 26.8 Å². The summed E-state index contributed by atoms with van der Waals surface area (Å²) in [6, 6.07) is 10.5. The van der Waals surface area contributed by atoms with Crippen LogP contribution in [0.4, 0.5) is 5.82 Å². The standard InChI is InChI=1S/C16H18N4O/c1-16(2,3)13-9-14(20(4)19-13)18-15(21)12-7-5-6-11(8-12)10-17/h5-9H,1-4H3,(H,18,21). The molecular formula is C16H18N4O. The minimum Gasteiger partial charge on any atom is -0.307 e. The molecule has 2 rings (SSSR count). The predicted molar refractivity (Wildman–Crippen MR) is 81.0 cm³/mol. The number of aryl methyl sites for hydroxylation is 1. The van der Waals surface area contributed by atoms with Gasteiger partial charge in [0.1, 0.15) is 5.82 Å². The molecule has 5 nitrogen and oxygen atoms in total. The van der Waals surface area contributed by atoms with Crippen LogP contribution in [0.3, 0.4) is 0 Å². The van der Waals surface area contributed by atoms with Crippen LogP contribution in [-0.4, -0.2) is 15.7 Å². The van der Waals surface area contributed by atoms with Crippen LogP contribution in [-0.2, 0) is 12.5 Å². The van der Waals surface area contributed by atoms with Gasteiger partial charge in [0, 0.05) is 24.1 Å². The quantitative estimate of drug-likeness (QED) is 0.920. The Morgan fingerprint density at radius 3 is 2.62 bits per heavy atom. The number of benzene rings is 1. The number of hydrogen-bond donors (Lipinski definition) is 1. The van der Waals surface area contributed by atoms with Crippen LogP contribution in [0.15, 0.2) is 30.3 Å². The van der Waals surface area contributed by atoms with Gasteiger partial charge in [-0.3, -0.25) is 9.48 Å². The van der Waals surface area contributed by atoms with Crippen molar-refractivity contribution >= 4 is 11.7 Å². The molecule has 0 atom stereocenters. The molecule has 0 saturated carbocycles. The van der Waals surface area contributed by atoms with Crippen LogP contribution in [0.5, 0.6) is 0 Å². The maximum atomic E-state index is 12.2. The zero-order valence-electron chi connectivity index (χ0n) is 12.6. The number of nitrogens with zero attached hydrogens (tertiary/aromatic N) is 3. The second kappa shape index (κ2) is 5.41. The van der Waals surface area contributed by atoms with Crippen molar-refractivity contribution in [2.45, 2.75) is 26.2 Å². The van der Waals surface area contributed by atoms with E-state index in [-0.39, 0.29) is 11.3 Å². The van der Waals surface area contributed by atoms with Crippen molar-refractivity contribution < 1.29 is 4.79 Å². The molecule has 0 aliphatic rings. The van der Waals surface area contributed by atoms with E-state index >= 15 is 0 Å². The summed E-state index contributed by atoms with van der Waals surface area (Å²) in [5, 5.41) is 16.1. The third-order valence-corrected chi connectivity index (χ3v) is 3.14. The van der Waals surface area contributed by atoms with Crippen LogP contribution in [0.1, 0.15) is 42.4 Å². The number of nitriles is 1. The van der Waals surface area contributed by atoms with Gasteiger partial charge in [0.15, 0.2) is 0 Å². The van der Waals surface area contributed by atoms with E-state index in [4.69, 9.17) is 5.26 Å². The number of rotatable bonds is 2. The molecule has 1 N–H and O–H groups in total. The van der Waals surface area contributed by atoms with Gasteiger partial charge in [-0.2, -0.15) is 10.4 Å². The molecule has 0 aliphatic heterocycles. The normalized spacial score (nSPS) is 11.0. The van der Waals surface area contributed by atoms with E-state index < -0.39 is 0 Å². The highest BCUT2D eigenvalue weighted by atomic mass is 16.1. The highest BCUT2D eigenvalue weighted by Gasteiger charge is 2.20. The number of anilines is 1. The lowest BCUT2D eigenvalue weighted by atomic mass is 9.92. The van der Waals surface area contributed by atoms with Gasteiger partial charge in [-0.15, -0.1) is 0 Å². The molecule has 0 spiro atoms. The topological polar surface area (TPSA) is 70.7 Å². The zero-order valence-corrected chi connectivity index (χ0v) is 12.6. The lowest BCUT2D eigenvalue weighted by Crippen LogP contribution is -2.14. The highest BCUT2D eigenvalue weighted by molar-refractivity contribution is 6.04. The Labute approximate surface area is 124 Å². The number of nitrogens with one attached hydrogen (secondary N) is 1. The Morgan fingerprint density at radius 1 is 1.33 bits per heavy atom. The van der Waals surface area contributed by atoms with Gasteiger partial charge in [-0.25, -0.2) is 0 Å². The molecule has 2 aromatic rings. The molecule has 1 aromatic carbocycles. The van der Waals surface area contributed by atoms with Crippen LogP contribution in [0, 0.1) is 11.3 Å². The Hall–Kier alpha value is -2.61. The molecule has 0 aliphatic carbocycles. The SMILES string of the molecule is Cn1nc(C(C)(C)C)cc1NC(=O)c1cccc(C#N)c1. The van der Waals surface area contributed by atoms with Crippen LogP contribution in [0.25, 0.3) is 0 Å². The maximum Gasteiger partial charge on any atom is 0.256 e. The summed E-state index contributed by atoms with van der Waals surface area (Å²) in [5.74, 6) is 0.378. The summed E-state index contributed by atoms with van der Waals surface area (Å²) in [7, 11) is 1.79. The molecule has 108 valence electrons. The zero-order chi connectivity index (χ0) is 15.6. The molecule has 0 radical (unpaired) electrons. The summed E-state index contributed by atoms with van der Waals surface area (Å²) < 4.78 is 1.65. The minimum absolute atomic E-state index is 0.0819. The van der Waals surface area contributed by atoms with E-state index in [9.17, 15) is 4.79 Å². The predicted octanol–water partition coefficient (Wildman–Crippen LogP) is 2.84. The average molecular weight is 282 g/mol. The molecule has 0 bridgehead atoms. The number of amides is 1. The fraction of sp³-hybridized carbons (Fsp3) is 0.312. The largest absolute Gasteiger partial charge is 0.307 e. The molecule has 0 fully saturated rings. The van der Waals surface area contributed by atoms with Gasteiger partial charge < -0.3 is 5.32 Å². The first-order chi connectivity index (χ1) is 9.81. The number of hydrogen-bond acceptors (Lipinski definition) is 3. The molecule has 0 unspecified atom stereocenters. The lowest BCUT2D eigenvalue weighted by Gasteiger charge is -2.13. The molecule has 21 heavy (non-hydrogen) atoms. The van der Waals surface area contributed by atoms with Crippen LogP contribution >= 0.6 is 0 Å². The molecule has 5 heteroatoms. The third-order valence-electron chi connectivity index (χ3n) is 3.14. The maximum absolute atomic E-state index is 12.2. The van der Waals surface area contributed by atoms with E-state index in [0.717, 1.165) is 5.69 Å². The molecular weight excluding hydrogens is 264 g/mol. The van der Waals surface area contributed by atoms with Crippen molar-refractivity contribution in [2.24, 2.45) is 7.05 Å². The second-order valence-electron chi connectivity index (χ2n) is 5.94. The van der Waals surface area contributed by atoms with Gasteiger partial charge in [0.2, 0.25) is 0 Å². The van der Waals surface area contributed by atoms with E-state index in [1.54, 1.807) is 36.0 Å². The Bertz CT molecular complexity index is 717. The van der Waals surface area contributed by atoms with E-state index in [1.165, 1.54) is 0 Å². The van der Waals surface area contributed by atoms with Crippen molar-refractivity contribution in [1.29, 1.82) is 5.26 Å². The van der Waals surface area contributed by atoms with Crippen molar-refractivity contribution in [3.8, 4) is 6.07 Å². The first kappa shape index (κ1) is 14.8. The third kappa shape index (κ3) is 3.29. The summed E-state index contributed by atoms with van der Waals surface area (Å²) in [6.45, 7) is 6.20. The lowest BCUT2D eigenvalue weighted by molar-refractivity contribution is 0.102. The molecule has 1 heterocycles. The Kier molecular flexibility index (Phi) is 3.81. The van der Waals surface area contributed by atoms with E-state index in [1.807, 2.05) is 12.1 Å². The van der Waals surface area contributed by atoms with Gasteiger partial charge in [0.05, 0.1) is 17.3 Å². The van der Waals surface area contributed by atoms with E-state index in [0.29, 0.717) is 16.9 Å². The Morgan fingerprint density at radius 2 is 2.05 bits per heavy atom. The van der Waals surface area contributed by atoms with Crippen LogP contribution < -0.4 is 5.32 Å². The fourth-order valence-corrected chi connectivity index (χ4v) is 1.87. The first-order valence-electron chi connectivity index (χ1n) is 6.67. The Balaban J connectivity index is 2.24.